The van der Waals surface area contributed by atoms with E-state index in [-0.39, 0.29) is 11.0 Å². The van der Waals surface area contributed by atoms with Crippen LogP contribution in [0, 0.1) is 0 Å². The maximum Gasteiger partial charge on any atom is 0.160 e. The van der Waals surface area contributed by atoms with E-state index in [1.165, 1.54) is 5.57 Å². The third-order valence-electron chi connectivity index (χ3n) is 2.32. The Morgan fingerprint density at radius 3 is 2.62 bits per heavy atom. The molecule has 13 heavy (non-hydrogen) atoms. The molecule has 0 aromatic carbocycles. The Hall–Kier alpha value is -0.570. The highest BCUT2D eigenvalue weighted by Crippen LogP contribution is 2.24. The quantitative estimate of drug-likeness (QED) is 0.640. The van der Waals surface area contributed by atoms with Gasteiger partial charge in [-0.15, -0.1) is 0 Å². The van der Waals surface area contributed by atoms with E-state index in [0.717, 1.165) is 5.57 Å². The number of sulfone groups is 1. The Morgan fingerprint density at radius 1 is 1.62 bits per heavy atom. The summed E-state index contributed by atoms with van der Waals surface area (Å²) in [5.74, 6) is 0.222. The average molecular weight is 200 g/mol. The molecule has 74 valence electrons. The second-order valence-corrected chi connectivity index (χ2v) is 6.01. The van der Waals surface area contributed by atoms with Gasteiger partial charge in [-0.05, 0) is 27.2 Å². The lowest BCUT2D eigenvalue weighted by Crippen LogP contribution is -2.17. The van der Waals surface area contributed by atoms with Gasteiger partial charge in [-0.25, -0.2) is 8.42 Å². The molecule has 1 heterocycles. The van der Waals surface area contributed by atoms with Crippen molar-refractivity contribution in [1.82, 2.24) is 0 Å². The Kier molecular flexibility index (Phi) is 2.96. The molecule has 0 saturated carbocycles. The van der Waals surface area contributed by atoms with Gasteiger partial charge in [0.2, 0.25) is 0 Å². The normalized spacial score (nSPS) is 25.5. The molecule has 1 rings (SSSR count). The van der Waals surface area contributed by atoms with E-state index in [0.29, 0.717) is 6.42 Å². The fraction of sp³-hybridized carbons (Fsp3) is 0.600. The molecule has 0 spiro atoms. The van der Waals surface area contributed by atoms with Gasteiger partial charge in [-0.1, -0.05) is 23.3 Å². The van der Waals surface area contributed by atoms with Gasteiger partial charge >= 0.3 is 0 Å². The number of rotatable bonds is 2. The molecule has 2 nitrogen and oxygen atoms in total. The van der Waals surface area contributed by atoms with Crippen LogP contribution >= 0.6 is 0 Å². The summed E-state index contributed by atoms with van der Waals surface area (Å²) < 4.78 is 23.0. The predicted octanol–water partition coefficient (Wildman–Crippen LogP) is 2.09. The minimum Gasteiger partial charge on any atom is -0.228 e. The van der Waals surface area contributed by atoms with E-state index in [1.807, 2.05) is 32.9 Å². The highest BCUT2D eigenvalue weighted by atomic mass is 32.2. The molecule has 0 N–H and O–H groups in total. The molecule has 0 aromatic heterocycles. The number of hydrogen-bond donors (Lipinski definition) is 0. The van der Waals surface area contributed by atoms with Gasteiger partial charge in [-0.3, -0.25) is 0 Å². The first-order valence-electron chi connectivity index (χ1n) is 4.45. The van der Waals surface area contributed by atoms with Crippen LogP contribution in [0.25, 0.3) is 0 Å². The standard InChI is InChI=1S/C10H16O2S/c1-8(2)4-5-10-9(3)6-7-13(10,11)12/h4,6,10H,5,7H2,1-3H3. The maximum atomic E-state index is 11.5. The van der Waals surface area contributed by atoms with Gasteiger partial charge in [0.15, 0.2) is 9.84 Å². The lowest BCUT2D eigenvalue weighted by Gasteiger charge is -2.08. The smallest absolute Gasteiger partial charge is 0.160 e. The second-order valence-electron chi connectivity index (χ2n) is 3.78. The van der Waals surface area contributed by atoms with Crippen LogP contribution in [-0.2, 0) is 9.84 Å². The fourth-order valence-corrected chi connectivity index (χ4v) is 3.23. The van der Waals surface area contributed by atoms with Crippen LogP contribution in [0.5, 0.6) is 0 Å². The Labute approximate surface area is 80.3 Å². The molecule has 0 aliphatic carbocycles. The first-order valence-corrected chi connectivity index (χ1v) is 6.16. The van der Waals surface area contributed by atoms with Crippen molar-refractivity contribution in [2.45, 2.75) is 32.4 Å². The molecule has 0 radical (unpaired) electrons. The van der Waals surface area contributed by atoms with Crippen LogP contribution in [0.15, 0.2) is 23.3 Å². The highest BCUT2D eigenvalue weighted by molar-refractivity contribution is 7.92. The zero-order valence-corrected chi connectivity index (χ0v) is 9.19. The van der Waals surface area contributed by atoms with Gasteiger partial charge in [0.25, 0.3) is 0 Å². The molecule has 1 unspecified atom stereocenters. The summed E-state index contributed by atoms with van der Waals surface area (Å²) in [7, 11) is -2.87. The summed E-state index contributed by atoms with van der Waals surface area (Å²) in [6.45, 7) is 5.87. The van der Waals surface area contributed by atoms with Gasteiger partial charge in [0.05, 0.1) is 11.0 Å². The predicted molar refractivity (Wildman–Crippen MR) is 55.4 cm³/mol. The first-order chi connectivity index (χ1) is 5.93. The molecule has 0 aromatic rings. The summed E-state index contributed by atoms with van der Waals surface area (Å²) in [4.78, 5) is 0. The Morgan fingerprint density at radius 2 is 2.23 bits per heavy atom. The van der Waals surface area contributed by atoms with Crippen LogP contribution in [0.3, 0.4) is 0 Å². The third kappa shape index (κ3) is 2.44. The molecular weight excluding hydrogens is 184 g/mol. The second kappa shape index (κ2) is 3.66. The minimum absolute atomic E-state index is 0.222. The zero-order chi connectivity index (χ0) is 10.1. The average Bonchev–Trinajstić information content (AvgIpc) is 2.23. The molecular formula is C10H16O2S. The van der Waals surface area contributed by atoms with Crippen molar-refractivity contribution in [1.29, 1.82) is 0 Å². The van der Waals surface area contributed by atoms with Crippen LogP contribution in [0.4, 0.5) is 0 Å². The molecule has 1 aliphatic rings. The summed E-state index contributed by atoms with van der Waals surface area (Å²) in [6.07, 6.45) is 4.44. The van der Waals surface area contributed by atoms with E-state index in [1.54, 1.807) is 0 Å². The lowest BCUT2D eigenvalue weighted by molar-refractivity contribution is 0.592. The van der Waals surface area contributed by atoms with Crippen LogP contribution in [0.2, 0.25) is 0 Å². The monoisotopic (exact) mass is 200 g/mol. The van der Waals surface area contributed by atoms with Gasteiger partial charge in [0, 0.05) is 0 Å². The Bertz CT molecular complexity index is 343. The number of allylic oxidation sites excluding steroid dienone is 2. The van der Waals surface area contributed by atoms with Crippen LogP contribution in [-0.4, -0.2) is 19.4 Å². The molecule has 0 amide bonds. The van der Waals surface area contributed by atoms with Crippen molar-refractivity contribution >= 4 is 9.84 Å². The topological polar surface area (TPSA) is 34.1 Å². The van der Waals surface area contributed by atoms with E-state index < -0.39 is 9.84 Å². The molecule has 0 bridgehead atoms. The molecule has 3 heteroatoms. The van der Waals surface area contributed by atoms with Crippen molar-refractivity contribution < 1.29 is 8.42 Å². The largest absolute Gasteiger partial charge is 0.228 e. The van der Waals surface area contributed by atoms with Gasteiger partial charge < -0.3 is 0 Å². The van der Waals surface area contributed by atoms with E-state index in [4.69, 9.17) is 0 Å². The molecule has 1 aliphatic heterocycles. The minimum atomic E-state index is -2.87. The first kappa shape index (κ1) is 10.5. The van der Waals surface area contributed by atoms with Crippen molar-refractivity contribution in [2.75, 3.05) is 5.75 Å². The van der Waals surface area contributed by atoms with E-state index >= 15 is 0 Å². The maximum absolute atomic E-state index is 11.5. The summed E-state index contributed by atoms with van der Waals surface area (Å²) in [6, 6.07) is 0. The van der Waals surface area contributed by atoms with Crippen LogP contribution in [0.1, 0.15) is 27.2 Å². The van der Waals surface area contributed by atoms with Crippen molar-refractivity contribution in [3.63, 3.8) is 0 Å². The summed E-state index contributed by atoms with van der Waals surface area (Å²) in [5, 5.41) is -0.262. The SMILES string of the molecule is CC(C)=CCC1C(C)=CCS1(=O)=O. The number of hydrogen-bond acceptors (Lipinski definition) is 2. The summed E-state index contributed by atoms with van der Waals surface area (Å²) >= 11 is 0. The molecule has 1 atom stereocenters. The van der Waals surface area contributed by atoms with Crippen molar-refractivity contribution in [3.05, 3.63) is 23.3 Å². The highest BCUT2D eigenvalue weighted by Gasteiger charge is 2.29. The fourth-order valence-electron chi connectivity index (χ4n) is 1.45. The Balaban J connectivity index is 2.79. The van der Waals surface area contributed by atoms with Gasteiger partial charge in [0.1, 0.15) is 0 Å². The summed E-state index contributed by atoms with van der Waals surface area (Å²) in [5.41, 5.74) is 2.17. The van der Waals surface area contributed by atoms with Crippen molar-refractivity contribution in [3.8, 4) is 0 Å². The van der Waals surface area contributed by atoms with E-state index in [9.17, 15) is 8.42 Å². The third-order valence-corrected chi connectivity index (χ3v) is 4.38. The van der Waals surface area contributed by atoms with Gasteiger partial charge in [-0.2, -0.15) is 0 Å². The van der Waals surface area contributed by atoms with E-state index in [2.05, 4.69) is 0 Å². The molecule has 0 saturated heterocycles. The molecule has 0 fully saturated rings. The lowest BCUT2D eigenvalue weighted by atomic mass is 10.1. The van der Waals surface area contributed by atoms with Crippen LogP contribution < -0.4 is 0 Å². The zero-order valence-electron chi connectivity index (χ0n) is 8.37. The van der Waals surface area contributed by atoms with Crippen molar-refractivity contribution in [2.24, 2.45) is 0 Å².